The van der Waals surface area contributed by atoms with Gasteiger partial charge >= 0.3 is 0 Å². The molecule has 8 nitrogen and oxygen atoms in total. The Balaban J connectivity index is 1.49. The molecule has 0 aliphatic rings. The van der Waals surface area contributed by atoms with Crippen molar-refractivity contribution < 1.29 is 9.59 Å². The first kappa shape index (κ1) is 27.6. The summed E-state index contributed by atoms with van der Waals surface area (Å²) in [5.41, 5.74) is 9.25. The summed E-state index contributed by atoms with van der Waals surface area (Å²) in [6.07, 6.45) is 8.69. The van der Waals surface area contributed by atoms with Crippen LogP contribution in [0.5, 0.6) is 0 Å². The van der Waals surface area contributed by atoms with Gasteiger partial charge in [0.05, 0.1) is 12.4 Å². The van der Waals surface area contributed by atoms with Crippen molar-refractivity contribution in [3.8, 4) is 0 Å². The predicted octanol–water partition coefficient (Wildman–Crippen LogP) is 4.15. The zero-order chi connectivity index (χ0) is 25.5. The molecule has 0 heterocycles. The number of nitrogens with zero attached hydrogens (tertiary/aromatic N) is 4. The van der Waals surface area contributed by atoms with Gasteiger partial charge in [-0.15, -0.1) is 0 Å². The van der Waals surface area contributed by atoms with E-state index in [1.807, 2.05) is 86.5 Å². The molecule has 0 bridgehead atoms. The average molecular weight is 479 g/mol. The number of amides is 2. The van der Waals surface area contributed by atoms with Gasteiger partial charge in [-0.05, 0) is 48.2 Å². The summed E-state index contributed by atoms with van der Waals surface area (Å²) in [5.74, 6) is -0.167. The van der Waals surface area contributed by atoms with Crippen molar-refractivity contribution in [1.29, 1.82) is 0 Å². The topological polar surface area (TPSA) is 89.4 Å². The molecule has 0 fully saturated rings. The maximum Gasteiger partial charge on any atom is 0.240 e. The first-order valence-electron chi connectivity index (χ1n) is 12.0. The molecule has 0 saturated carbocycles. The molecule has 0 atom stereocenters. The number of hydrazone groups is 2. The van der Waals surface area contributed by atoms with E-state index in [9.17, 15) is 9.59 Å². The second-order valence-electron chi connectivity index (χ2n) is 8.83. The van der Waals surface area contributed by atoms with Crippen LogP contribution in [0.4, 0.5) is 11.4 Å². The lowest BCUT2D eigenvalue weighted by Gasteiger charge is -2.11. The lowest BCUT2D eigenvalue weighted by atomic mass is 10.1. The SMILES string of the molecule is CN(C)c1ccc(/C=N\NC(=O)CCCCCCCC(=O)N/N=C\c2ccc(N(C)C)cc2)cc1. The Kier molecular flexibility index (Phi) is 12.0. The van der Waals surface area contributed by atoms with Crippen LogP contribution in [-0.2, 0) is 9.59 Å². The summed E-state index contributed by atoms with van der Waals surface area (Å²) >= 11 is 0. The Labute approximate surface area is 209 Å². The van der Waals surface area contributed by atoms with Crippen LogP contribution in [0.15, 0.2) is 58.7 Å². The summed E-state index contributed by atoms with van der Waals surface area (Å²) in [7, 11) is 7.96. The van der Waals surface area contributed by atoms with E-state index in [-0.39, 0.29) is 11.8 Å². The van der Waals surface area contributed by atoms with E-state index in [0.29, 0.717) is 12.8 Å². The molecule has 0 unspecified atom stereocenters. The number of carbonyl (C=O) groups excluding carboxylic acids is 2. The third-order valence-electron chi connectivity index (χ3n) is 5.43. The van der Waals surface area contributed by atoms with Crippen LogP contribution >= 0.6 is 0 Å². The molecule has 2 N–H and O–H groups in total. The Bertz CT molecular complexity index is 887. The van der Waals surface area contributed by atoms with Gasteiger partial charge in [0, 0.05) is 52.4 Å². The van der Waals surface area contributed by atoms with Crippen molar-refractivity contribution in [3.05, 3.63) is 59.7 Å². The van der Waals surface area contributed by atoms with Crippen molar-refractivity contribution >= 4 is 35.6 Å². The molecule has 0 aliphatic carbocycles. The summed E-state index contributed by atoms with van der Waals surface area (Å²) < 4.78 is 0. The number of unbranched alkanes of at least 4 members (excludes halogenated alkanes) is 4. The molecule has 2 amide bonds. The molecule has 2 aromatic rings. The third-order valence-corrected chi connectivity index (χ3v) is 5.43. The fraction of sp³-hybridized carbons (Fsp3) is 0.407. The van der Waals surface area contributed by atoms with Gasteiger partial charge in [-0.1, -0.05) is 43.5 Å². The van der Waals surface area contributed by atoms with Crippen LogP contribution < -0.4 is 20.7 Å². The number of hydrogen-bond acceptors (Lipinski definition) is 6. The van der Waals surface area contributed by atoms with Crippen molar-refractivity contribution in [2.24, 2.45) is 10.2 Å². The van der Waals surface area contributed by atoms with Gasteiger partial charge in [-0.3, -0.25) is 9.59 Å². The monoisotopic (exact) mass is 478 g/mol. The van der Waals surface area contributed by atoms with Gasteiger partial charge in [0.1, 0.15) is 0 Å². The summed E-state index contributed by atoms with van der Waals surface area (Å²) in [4.78, 5) is 27.9. The largest absolute Gasteiger partial charge is 0.378 e. The van der Waals surface area contributed by atoms with Crippen LogP contribution in [0.2, 0.25) is 0 Å². The number of carbonyl (C=O) groups is 2. The van der Waals surface area contributed by atoms with Crippen LogP contribution in [0.3, 0.4) is 0 Å². The molecule has 2 aromatic carbocycles. The van der Waals surface area contributed by atoms with E-state index in [0.717, 1.165) is 54.6 Å². The number of nitrogens with one attached hydrogen (secondary N) is 2. The normalized spacial score (nSPS) is 11.1. The number of hydrogen-bond donors (Lipinski definition) is 2. The Morgan fingerprint density at radius 3 is 1.31 bits per heavy atom. The van der Waals surface area contributed by atoms with Crippen molar-refractivity contribution in [2.45, 2.75) is 44.9 Å². The molecule has 0 saturated heterocycles. The van der Waals surface area contributed by atoms with Crippen LogP contribution in [0.25, 0.3) is 0 Å². The highest BCUT2D eigenvalue weighted by atomic mass is 16.2. The van der Waals surface area contributed by atoms with Crippen molar-refractivity contribution in [2.75, 3.05) is 38.0 Å². The molecular formula is C27H38N6O2. The lowest BCUT2D eigenvalue weighted by Crippen LogP contribution is -2.17. The smallest absolute Gasteiger partial charge is 0.240 e. The van der Waals surface area contributed by atoms with Gasteiger partial charge in [0.2, 0.25) is 11.8 Å². The number of benzene rings is 2. The van der Waals surface area contributed by atoms with E-state index < -0.39 is 0 Å². The van der Waals surface area contributed by atoms with Gasteiger partial charge < -0.3 is 9.80 Å². The first-order chi connectivity index (χ1) is 16.8. The average Bonchev–Trinajstić information content (AvgIpc) is 2.84. The predicted molar refractivity (Wildman–Crippen MR) is 145 cm³/mol. The fourth-order valence-corrected chi connectivity index (χ4v) is 3.29. The number of rotatable bonds is 14. The van der Waals surface area contributed by atoms with Crippen molar-refractivity contribution in [3.63, 3.8) is 0 Å². The molecule has 0 radical (unpaired) electrons. The molecule has 0 spiro atoms. The van der Waals surface area contributed by atoms with E-state index in [1.165, 1.54) is 0 Å². The van der Waals surface area contributed by atoms with Crippen LogP contribution in [-0.4, -0.2) is 52.4 Å². The highest BCUT2D eigenvalue weighted by molar-refractivity contribution is 5.83. The minimum atomic E-state index is -0.0836. The first-order valence-corrected chi connectivity index (χ1v) is 12.0. The van der Waals surface area contributed by atoms with E-state index in [1.54, 1.807) is 12.4 Å². The van der Waals surface area contributed by atoms with E-state index >= 15 is 0 Å². The van der Waals surface area contributed by atoms with Gasteiger partial charge in [0.15, 0.2) is 0 Å². The Morgan fingerprint density at radius 2 is 0.971 bits per heavy atom. The fourth-order valence-electron chi connectivity index (χ4n) is 3.29. The summed E-state index contributed by atoms with van der Waals surface area (Å²) in [6.45, 7) is 0. The van der Waals surface area contributed by atoms with Crippen molar-refractivity contribution in [1.82, 2.24) is 10.9 Å². The molecule has 0 aliphatic heterocycles. The molecule has 2 rings (SSSR count). The van der Waals surface area contributed by atoms with Crippen LogP contribution in [0.1, 0.15) is 56.1 Å². The van der Waals surface area contributed by atoms with E-state index in [4.69, 9.17) is 0 Å². The molecule has 188 valence electrons. The van der Waals surface area contributed by atoms with Gasteiger partial charge in [-0.2, -0.15) is 10.2 Å². The number of anilines is 2. The Morgan fingerprint density at radius 1 is 0.629 bits per heavy atom. The third kappa shape index (κ3) is 11.3. The second kappa shape index (κ2) is 15.3. The molecular weight excluding hydrogens is 440 g/mol. The second-order valence-corrected chi connectivity index (χ2v) is 8.83. The maximum atomic E-state index is 11.9. The zero-order valence-corrected chi connectivity index (χ0v) is 21.3. The van der Waals surface area contributed by atoms with E-state index in [2.05, 4.69) is 21.1 Å². The minimum absolute atomic E-state index is 0.0836. The molecule has 8 heteroatoms. The standard InChI is InChI=1S/C27H38N6O2/c1-32(2)24-16-12-22(13-17-24)20-28-30-26(34)10-8-6-5-7-9-11-27(35)31-29-21-23-14-18-25(19-15-23)33(3)4/h12-21H,5-11H2,1-4H3,(H,30,34)(H,31,35)/b28-20-,29-21-. The molecule has 35 heavy (non-hydrogen) atoms. The maximum absolute atomic E-state index is 11.9. The summed E-state index contributed by atoms with van der Waals surface area (Å²) in [6, 6.07) is 15.9. The minimum Gasteiger partial charge on any atom is -0.378 e. The quantitative estimate of drug-likeness (QED) is 0.243. The Hall–Kier alpha value is -3.68. The van der Waals surface area contributed by atoms with Gasteiger partial charge in [0.25, 0.3) is 0 Å². The van der Waals surface area contributed by atoms with Crippen LogP contribution in [0, 0.1) is 0 Å². The molecule has 0 aromatic heterocycles. The highest BCUT2D eigenvalue weighted by Crippen LogP contribution is 2.12. The van der Waals surface area contributed by atoms with Gasteiger partial charge in [-0.25, -0.2) is 10.9 Å². The highest BCUT2D eigenvalue weighted by Gasteiger charge is 2.02. The zero-order valence-electron chi connectivity index (χ0n) is 21.3. The summed E-state index contributed by atoms with van der Waals surface area (Å²) in [5, 5.41) is 8.04. The lowest BCUT2D eigenvalue weighted by molar-refractivity contribution is -0.121.